The monoisotopic (exact) mass is 353 g/mol. The Morgan fingerprint density at radius 2 is 1.92 bits per heavy atom. The van der Waals surface area contributed by atoms with Gasteiger partial charge < -0.3 is 15.3 Å². The number of benzene rings is 1. The van der Waals surface area contributed by atoms with Gasteiger partial charge in [-0.05, 0) is 30.7 Å². The van der Waals surface area contributed by atoms with E-state index in [9.17, 15) is 9.59 Å². The zero-order valence-electron chi connectivity index (χ0n) is 15.4. The highest BCUT2D eigenvalue weighted by atomic mass is 16.2. The summed E-state index contributed by atoms with van der Waals surface area (Å²) in [5, 5.41) is 2.79. The molecule has 136 valence electrons. The summed E-state index contributed by atoms with van der Waals surface area (Å²) in [6.07, 6.45) is 0.564. The molecule has 0 radical (unpaired) electrons. The van der Waals surface area contributed by atoms with Crippen LogP contribution in [0.3, 0.4) is 0 Å². The van der Waals surface area contributed by atoms with Gasteiger partial charge in [0.2, 0.25) is 0 Å². The van der Waals surface area contributed by atoms with Crippen LogP contribution in [-0.4, -0.2) is 32.4 Å². The van der Waals surface area contributed by atoms with Crippen molar-refractivity contribution in [1.82, 2.24) is 25.3 Å². The number of amides is 1. The molecule has 0 saturated carbocycles. The number of aromatic nitrogens is 4. The van der Waals surface area contributed by atoms with Crippen LogP contribution in [0.2, 0.25) is 0 Å². The molecule has 1 amide bonds. The van der Waals surface area contributed by atoms with Crippen LogP contribution in [0.1, 0.15) is 48.3 Å². The predicted octanol–water partition coefficient (Wildman–Crippen LogP) is 2.22. The zero-order valence-corrected chi connectivity index (χ0v) is 15.4. The third-order valence-electron chi connectivity index (χ3n) is 4.12. The molecule has 0 fully saturated rings. The van der Waals surface area contributed by atoms with Crippen molar-refractivity contribution in [2.24, 2.45) is 0 Å². The van der Waals surface area contributed by atoms with E-state index in [1.165, 1.54) is 0 Å². The molecule has 0 aliphatic carbocycles. The lowest BCUT2D eigenvalue weighted by atomic mass is 9.91. The molecule has 3 rings (SSSR count). The quantitative estimate of drug-likeness (QED) is 0.669. The standard InChI is InChI=1S/C19H23N5O2/c1-11-5-6-12-13(9-11)22-16(21-12)7-8-20-17(25)14-10-15(19(2,3)4)24-18(26)23-14/h5-6,9-10H,7-8H2,1-4H3,(H,20,25)(H,21,22)(H,23,24,26). The Kier molecular flexibility index (Phi) is 4.63. The highest BCUT2D eigenvalue weighted by Crippen LogP contribution is 2.18. The van der Waals surface area contributed by atoms with Gasteiger partial charge in [0, 0.05) is 24.1 Å². The lowest BCUT2D eigenvalue weighted by Crippen LogP contribution is -2.31. The number of carbonyl (C=O) groups is 1. The molecule has 0 bridgehead atoms. The van der Waals surface area contributed by atoms with E-state index >= 15 is 0 Å². The molecule has 0 unspecified atom stereocenters. The van der Waals surface area contributed by atoms with Crippen molar-refractivity contribution in [2.45, 2.75) is 39.5 Å². The van der Waals surface area contributed by atoms with Gasteiger partial charge in [0.25, 0.3) is 5.91 Å². The minimum Gasteiger partial charge on any atom is -0.350 e. The van der Waals surface area contributed by atoms with Crippen LogP contribution in [-0.2, 0) is 11.8 Å². The second-order valence-electron chi connectivity index (χ2n) is 7.45. The summed E-state index contributed by atoms with van der Waals surface area (Å²) in [4.78, 5) is 38.3. The van der Waals surface area contributed by atoms with Gasteiger partial charge >= 0.3 is 5.69 Å². The highest BCUT2D eigenvalue weighted by Gasteiger charge is 2.18. The van der Waals surface area contributed by atoms with Gasteiger partial charge in [-0.3, -0.25) is 4.79 Å². The van der Waals surface area contributed by atoms with Crippen LogP contribution in [0.15, 0.2) is 29.1 Å². The first-order chi connectivity index (χ1) is 12.2. The number of carbonyl (C=O) groups excluding carboxylic acids is 1. The summed E-state index contributed by atoms with van der Waals surface area (Å²) in [7, 11) is 0. The van der Waals surface area contributed by atoms with Crippen LogP contribution in [0.4, 0.5) is 0 Å². The number of H-pyrrole nitrogens is 2. The van der Waals surface area contributed by atoms with Gasteiger partial charge in [-0.1, -0.05) is 26.8 Å². The van der Waals surface area contributed by atoms with E-state index < -0.39 is 5.69 Å². The first-order valence-electron chi connectivity index (χ1n) is 8.58. The third kappa shape index (κ3) is 3.99. The van der Waals surface area contributed by atoms with Gasteiger partial charge in [0.15, 0.2) is 0 Å². The Balaban J connectivity index is 1.67. The van der Waals surface area contributed by atoms with E-state index in [4.69, 9.17) is 0 Å². The van der Waals surface area contributed by atoms with Crippen LogP contribution < -0.4 is 11.0 Å². The van der Waals surface area contributed by atoms with Crippen molar-refractivity contribution < 1.29 is 4.79 Å². The van der Waals surface area contributed by atoms with E-state index in [0.29, 0.717) is 18.7 Å². The van der Waals surface area contributed by atoms with Crippen LogP contribution in [0.25, 0.3) is 11.0 Å². The second kappa shape index (κ2) is 6.74. The summed E-state index contributed by atoms with van der Waals surface area (Å²) < 4.78 is 0. The number of rotatable bonds is 4. The Morgan fingerprint density at radius 3 is 2.65 bits per heavy atom. The smallest absolute Gasteiger partial charge is 0.345 e. The van der Waals surface area contributed by atoms with Crippen LogP contribution >= 0.6 is 0 Å². The first-order valence-corrected chi connectivity index (χ1v) is 8.58. The molecular formula is C19H23N5O2. The summed E-state index contributed by atoms with van der Waals surface area (Å²) in [5.74, 6) is 0.439. The fourth-order valence-electron chi connectivity index (χ4n) is 2.66. The topological polar surface area (TPSA) is 104 Å². The molecule has 7 heteroatoms. The maximum Gasteiger partial charge on any atom is 0.345 e. The van der Waals surface area contributed by atoms with E-state index in [2.05, 4.69) is 25.3 Å². The van der Waals surface area contributed by atoms with Crippen molar-refractivity contribution in [2.75, 3.05) is 6.54 Å². The van der Waals surface area contributed by atoms with Crippen LogP contribution in [0, 0.1) is 6.92 Å². The van der Waals surface area contributed by atoms with Crippen LogP contribution in [0.5, 0.6) is 0 Å². The fourth-order valence-corrected chi connectivity index (χ4v) is 2.66. The summed E-state index contributed by atoms with van der Waals surface area (Å²) in [6, 6.07) is 7.65. The van der Waals surface area contributed by atoms with Crippen molar-refractivity contribution in [3.63, 3.8) is 0 Å². The Morgan fingerprint density at radius 1 is 1.15 bits per heavy atom. The fraction of sp³-hybridized carbons (Fsp3) is 0.368. The van der Waals surface area contributed by atoms with Crippen molar-refractivity contribution in [3.05, 3.63) is 57.5 Å². The maximum atomic E-state index is 12.3. The Hall–Kier alpha value is -2.96. The SMILES string of the molecule is Cc1ccc2nc(CCNC(=O)c3cc(C(C)(C)C)[nH]c(=O)n3)[nH]c2c1. The summed E-state index contributed by atoms with van der Waals surface area (Å²) >= 11 is 0. The van der Waals surface area contributed by atoms with Gasteiger partial charge in [0.1, 0.15) is 11.5 Å². The molecule has 2 aromatic heterocycles. The van der Waals surface area contributed by atoms with Gasteiger partial charge in [0.05, 0.1) is 11.0 Å². The molecule has 0 spiro atoms. The molecule has 0 aliphatic rings. The van der Waals surface area contributed by atoms with Crippen molar-refractivity contribution >= 4 is 16.9 Å². The number of nitrogens with one attached hydrogen (secondary N) is 3. The maximum absolute atomic E-state index is 12.3. The normalized spacial score (nSPS) is 11.7. The molecule has 2 heterocycles. The van der Waals surface area contributed by atoms with E-state index in [0.717, 1.165) is 22.4 Å². The predicted molar refractivity (Wildman–Crippen MR) is 100 cm³/mol. The molecule has 0 atom stereocenters. The molecule has 3 N–H and O–H groups in total. The zero-order chi connectivity index (χ0) is 18.9. The van der Waals surface area contributed by atoms with E-state index in [1.807, 2.05) is 45.9 Å². The minimum absolute atomic E-state index is 0.124. The number of hydrogen-bond donors (Lipinski definition) is 3. The largest absolute Gasteiger partial charge is 0.350 e. The van der Waals surface area contributed by atoms with E-state index in [-0.39, 0.29) is 17.0 Å². The van der Waals surface area contributed by atoms with Gasteiger partial charge in [-0.25, -0.2) is 9.78 Å². The minimum atomic E-state index is -0.518. The highest BCUT2D eigenvalue weighted by molar-refractivity contribution is 5.92. The Labute approximate surface area is 151 Å². The average Bonchev–Trinajstić information content (AvgIpc) is 2.95. The number of fused-ring (bicyclic) bond motifs is 1. The lowest BCUT2D eigenvalue weighted by molar-refractivity contribution is 0.0948. The molecule has 7 nitrogen and oxygen atoms in total. The number of imidazole rings is 1. The average molecular weight is 353 g/mol. The van der Waals surface area contributed by atoms with E-state index in [1.54, 1.807) is 6.07 Å². The first kappa shape index (κ1) is 17.8. The molecule has 26 heavy (non-hydrogen) atoms. The number of nitrogens with zero attached hydrogens (tertiary/aromatic N) is 2. The third-order valence-corrected chi connectivity index (χ3v) is 4.12. The second-order valence-corrected chi connectivity index (χ2v) is 7.45. The lowest BCUT2D eigenvalue weighted by Gasteiger charge is -2.18. The summed E-state index contributed by atoms with van der Waals surface area (Å²) in [6.45, 7) is 8.31. The van der Waals surface area contributed by atoms with Crippen molar-refractivity contribution in [1.29, 1.82) is 0 Å². The molecular weight excluding hydrogens is 330 g/mol. The number of aryl methyl sites for hydroxylation is 1. The van der Waals surface area contributed by atoms with Gasteiger partial charge in [-0.15, -0.1) is 0 Å². The van der Waals surface area contributed by atoms with Crippen molar-refractivity contribution in [3.8, 4) is 0 Å². The number of aromatic amines is 2. The van der Waals surface area contributed by atoms with Gasteiger partial charge in [-0.2, -0.15) is 4.98 Å². The molecule has 3 aromatic rings. The molecule has 1 aromatic carbocycles. The number of hydrogen-bond acceptors (Lipinski definition) is 4. The summed E-state index contributed by atoms with van der Waals surface area (Å²) in [5.41, 5.74) is 3.06. The molecule has 0 aliphatic heterocycles. The Bertz CT molecular complexity index is 1010. The molecule has 0 saturated heterocycles.